The molecule has 0 spiro atoms. The Hall–Kier alpha value is -3.92. The van der Waals surface area contributed by atoms with Gasteiger partial charge in [0, 0.05) is 36.1 Å². The van der Waals surface area contributed by atoms with Crippen molar-refractivity contribution in [2.75, 3.05) is 36.5 Å². The smallest absolute Gasteiger partial charge is 0.378 e. The van der Waals surface area contributed by atoms with E-state index < -0.39 is 17.6 Å². The van der Waals surface area contributed by atoms with Crippen LogP contribution in [0.25, 0.3) is 22.4 Å². The monoisotopic (exact) mass is 467 g/mol. The van der Waals surface area contributed by atoms with Crippen LogP contribution in [0.15, 0.2) is 60.8 Å². The maximum absolute atomic E-state index is 13.0. The van der Waals surface area contributed by atoms with Crippen molar-refractivity contribution in [2.24, 2.45) is 0 Å². The molecule has 5 rings (SSSR count). The summed E-state index contributed by atoms with van der Waals surface area (Å²) in [5, 5.41) is 2.53. The third kappa shape index (κ3) is 4.44. The molecule has 3 heterocycles. The molecule has 0 saturated carbocycles. The lowest BCUT2D eigenvalue weighted by Crippen LogP contribution is -2.37. The molecule has 0 aliphatic carbocycles. The highest BCUT2D eigenvalue weighted by atomic mass is 19.4. The molecule has 174 valence electrons. The number of amides is 1. The fraction of sp³-hybridized carbons (Fsp3) is 0.208. The van der Waals surface area contributed by atoms with Crippen molar-refractivity contribution < 1.29 is 22.7 Å². The van der Waals surface area contributed by atoms with Gasteiger partial charge in [-0.1, -0.05) is 18.2 Å². The Morgan fingerprint density at radius 3 is 2.62 bits per heavy atom. The number of nitrogens with one attached hydrogen (secondary N) is 2. The molecule has 2 N–H and O–H groups in total. The molecule has 1 aliphatic rings. The number of ether oxygens (including phenoxy) is 1. The van der Waals surface area contributed by atoms with Gasteiger partial charge in [-0.3, -0.25) is 4.79 Å². The average molecular weight is 467 g/mol. The lowest BCUT2D eigenvalue weighted by Gasteiger charge is -2.28. The van der Waals surface area contributed by atoms with Crippen molar-refractivity contribution in [2.45, 2.75) is 6.18 Å². The van der Waals surface area contributed by atoms with Gasteiger partial charge in [-0.05, 0) is 36.4 Å². The number of hydrogen-bond donors (Lipinski definition) is 2. The summed E-state index contributed by atoms with van der Waals surface area (Å²) in [5.41, 5.74) is 1.69. The molecule has 1 aliphatic heterocycles. The highest BCUT2D eigenvalue weighted by molar-refractivity contribution is 6.05. The minimum absolute atomic E-state index is 0.0600. The highest BCUT2D eigenvalue weighted by Crippen LogP contribution is 2.31. The van der Waals surface area contributed by atoms with Crippen LogP contribution < -0.4 is 10.2 Å². The summed E-state index contributed by atoms with van der Waals surface area (Å²) < 4.78 is 44.4. The number of hydrogen-bond acceptors (Lipinski definition) is 5. The Balaban J connectivity index is 1.45. The molecular weight excluding hydrogens is 447 g/mol. The molecule has 0 radical (unpaired) electrons. The number of H-pyrrole nitrogens is 1. The van der Waals surface area contributed by atoms with Crippen molar-refractivity contribution in [1.29, 1.82) is 0 Å². The van der Waals surface area contributed by atoms with Crippen molar-refractivity contribution in [1.82, 2.24) is 15.0 Å². The van der Waals surface area contributed by atoms with Gasteiger partial charge < -0.3 is 19.9 Å². The van der Waals surface area contributed by atoms with Crippen molar-refractivity contribution in [3.05, 3.63) is 71.9 Å². The number of anilines is 2. The fourth-order valence-corrected chi connectivity index (χ4v) is 3.84. The van der Waals surface area contributed by atoms with E-state index in [9.17, 15) is 18.0 Å². The standard InChI is InChI=1S/C24H20F3N5O2/c25-24(26,27)17-5-2-6-18(14-17)29-23(33)16-4-1-3-15(13-16)21-30-19-7-8-28-20(19)22(31-21)32-9-11-34-12-10-32/h1-8,13-14,28H,9-12H2,(H,29,33). The first kappa shape index (κ1) is 21.9. The van der Waals surface area contributed by atoms with Gasteiger partial charge in [-0.25, -0.2) is 9.97 Å². The lowest BCUT2D eigenvalue weighted by molar-refractivity contribution is -0.137. The Bertz CT molecular complexity index is 1350. The second-order valence-electron chi connectivity index (χ2n) is 7.82. The summed E-state index contributed by atoms with van der Waals surface area (Å²) in [7, 11) is 0. The van der Waals surface area contributed by atoms with Gasteiger partial charge in [0.15, 0.2) is 11.6 Å². The number of benzene rings is 2. The topological polar surface area (TPSA) is 83.1 Å². The quantitative estimate of drug-likeness (QED) is 0.453. The first-order valence-electron chi connectivity index (χ1n) is 10.7. The van der Waals surface area contributed by atoms with Crippen LogP contribution in [-0.4, -0.2) is 47.2 Å². The van der Waals surface area contributed by atoms with E-state index in [0.717, 1.165) is 29.0 Å². The van der Waals surface area contributed by atoms with E-state index in [2.05, 4.69) is 20.2 Å². The molecule has 4 aromatic rings. The van der Waals surface area contributed by atoms with Gasteiger partial charge in [0.05, 0.1) is 24.3 Å². The van der Waals surface area contributed by atoms with Crippen LogP contribution in [0.1, 0.15) is 15.9 Å². The fourth-order valence-electron chi connectivity index (χ4n) is 3.84. The number of halogens is 3. The van der Waals surface area contributed by atoms with E-state index >= 15 is 0 Å². The largest absolute Gasteiger partial charge is 0.416 e. The van der Waals surface area contributed by atoms with Crippen molar-refractivity contribution >= 4 is 28.4 Å². The maximum atomic E-state index is 13.0. The van der Waals surface area contributed by atoms with E-state index in [1.54, 1.807) is 30.5 Å². The Kier molecular flexibility index (Phi) is 5.66. The zero-order valence-electron chi connectivity index (χ0n) is 17.9. The minimum Gasteiger partial charge on any atom is -0.378 e. The maximum Gasteiger partial charge on any atom is 0.416 e. The highest BCUT2D eigenvalue weighted by Gasteiger charge is 2.30. The molecule has 0 atom stereocenters. The second-order valence-corrected chi connectivity index (χ2v) is 7.82. The van der Waals surface area contributed by atoms with Crippen LogP contribution in [0.2, 0.25) is 0 Å². The number of fused-ring (bicyclic) bond motifs is 1. The van der Waals surface area contributed by atoms with E-state index in [1.165, 1.54) is 12.1 Å². The zero-order valence-corrected chi connectivity index (χ0v) is 17.9. The third-order valence-corrected chi connectivity index (χ3v) is 5.53. The molecular formula is C24H20F3N5O2. The number of rotatable bonds is 4. The number of nitrogens with zero attached hydrogens (tertiary/aromatic N) is 3. The number of aromatic nitrogens is 3. The number of alkyl halides is 3. The first-order valence-corrected chi connectivity index (χ1v) is 10.7. The van der Waals surface area contributed by atoms with Crippen LogP contribution >= 0.6 is 0 Å². The van der Waals surface area contributed by atoms with Crippen LogP contribution in [0, 0.1) is 0 Å². The van der Waals surface area contributed by atoms with Gasteiger partial charge in [-0.2, -0.15) is 13.2 Å². The SMILES string of the molecule is O=C(Nc1cccc(C(F)(F)F)c1)c1cccc(-c2nc(N3CCOCC3)c3[nH]ccc3n2)c1. The van der Waals surface area contributed by atoms with Crippen LogP contribution in [-0.2, 0) is 10.9 Å². The predicted molar refractivity (Wildman–Crippen MR) is 122 cm³/mol. The molecule has 34 heavy (non-hydrogen) atoms. The molecule has 2 aromatic heterocycles. The van der Waals surface area contributed by atoms with Crippen LogP contribution in [0.3, 0.4) is 0 Å². The Morgan fingerprint density at radius 1 is 1.03 bits per heavy atom. The normalized spacial score (nSPS) is 14.4. The Labute approximate surface area is 192 Å². The van der Waals surface area contributed by atoms with Gasteiger partial charge in [0.25, 0.3) is 5.91 Å². The van der Waals surface area contributed by atoms with E-state index in [1.807, 2.05) is 6.07 Å². The first-order chi connectivity index (χ1) is 16.4. The zero-order chi connectivity index (χ0) is 23.7. The Morgan fingerprint density at radius 2 is 1.82 bits per heavy atom. The minimum atomic E-state index is -4.49. The van der Waals surface area contributed by atoms with Gasteiger partial charge in [0.1, 0.15) is 5.52 Å². The molecule has 1 saturated heterocycles. The van der Waals surface area contributed by atoms with Crippen molar-refractivity contribution in [3.63, 3.8) is 0 Å². The molecule has 10 heteroatoms. The molecule has 0 unspecified atom stereocenters. The van der Waals surface area contributed by atoms with Gasteiger partial charge in [0.2, 0.25) is 0 Å². The summed E-state index contributed by atoms with van der Waals surface area (Å²) in [6, 6.07) is 13.1. The molecule has 1 amide bonds. The summed E-state index contributed by atoms with van der Waals surface area (Å²) in [4.78, 5) is 27.5. The van der Waals surface area contributed by atoms with Gasteiger partial charge >= 0.3 is 6.18 Å². The summed E-state index contributed by atoms with van der Waals surface area (Å²) in [5.74, 6) is 0.673. The molecule has 2 aromatic carbocycles. The lowest BCUT2D eigenvalue weighted by atomic mass is 10.1. The number of aromatic amines is 1. The number of carbonyl (C=O) groups excluding carboxylic acids is 1. The second kappa shape index (κ2) is 8.79. The van der Waals surface area contributed by atoms with Gasteiger partial charge in [-0.15, -0.1) is 0 Å². The molecule has 0 bridgehead atoms. The third-order valence-electron chi connectivity index (χ3n) is 5.53. The summed E-state index contributed by atoms with van der Waals surface area (Å²) in [6.07, 6.45) is -2.70. The molecule has 7 nitrogen and oxygen atoms in total. The van der Waals surface area contributed by atoms with Crippen LogP contribution in [0.5, 0.6) is 0 Å². The molecule has 1 fully saturated rings. The number of morpholine rings is 1. The van der Waals surface area contributed by atoms with E-state index in [0.29, 0.717) is 37.7 Å². The van der Waals surface area contributed by atoms with Crippen LogP contribution in [0.4, 0.5) is 24.7 Å². The average Bonchev–Trinajstić information content (AvgIpc) is 3.32. The van der Waals surface area contributed by atoms with Crippen molar-refractivity contribution in [3.8, 4) is 11.4 Å². The van der Waals surface area contributed by atoms with E-state index in [-0.39, 0.29) is 11.3 Å². The summed E-state index contributed by atoms with van der Waals surface area (Å²) in [6.45, 7) is 2.60. The van der Waals surface area contributed by atoms with E-state index in [4.69, 9.17) is 9.72 Å². The number of carbonyl (C=O) groups is 1. The summed E-state index contributed by atoms with van der Waals surface area (Å²) >= 11 is 0. The predicted octanol–water partition coefficient (Wildman–Crippen LogP) is 4.73.